The number of hydrogen-bond donors (Lipinski definition) is 2. The predicted molar refractivity (Wildman–Crippen MR) is 78.2 cm³/mol. The molecule has 5 heteroatoms. The van der Waals surface area contributed by atoms with E-state index in [1.54, 1.807) is 0 Å². The summed E-state index contributed by atoms with van der Waals surface area (Å²) in [4.78, 5) is 0. The zero-order valence-corrected chi connectivity index (χ0v) is 13.6. The molecule has 0 aromatic heterocycles. The van der Waals surface area contributed by atoms with E-state index in [0.717, 1.165) is 19.5 Å². The van der Waals surface area contributed by atoms with Crippen LogP contribution in [0, 0.1) is 5.41 Å². The summed E-state index contributed by atoms with van der Waals surface area (Å²) in [6.07, 6.45) is 1.46. The van der Waals surface area contributed by atoms with Crippen molar-refractivity contribution < 1.29 is 8.42 Å². The van der Waals surface area contributed by atoms with Crippen LogP contribution in [-0.2, 0) is 10.0 Å². The lowest BCUT2D eigenvalue weighted by Gasteiger charge is -2.33. The molecular formula is C13H30N2O2S. The Bertz CT molecular complexity index is 329. The largest absolute Gasteiger partial charge is 0.317 e. The normalized spacial score (nSPS) is 13.9. The third-order valence-corrected chi connectivity index (χ3v) is 4.11. The molecule has 0 aromatic rings. The van der Waals surface area contributed by atoms with Crippen LogP contribution in [0.5, 0.6) is 0 Å². The molecule has 0 rings (SSSR count). The fraction of sp³-hybridized carbons (Fsp3) is 1.00. The molecule has 0 bridgehead atoms. The molecule has 0 atom stereocenters. The average molecular weight is 278 g/mol. The van der Waals surface area contributed by atoms with E-state index in [9.17, 15) is 8.42 Å². The van der Waals surface area contributed by atoms with Crippen LogP contribution in [0.3, 0.4) is 0 Å². The van der Waals surface area contributed by atoms with Crippen LogP contribution in [-0.4, -0.2) is 32.8 Å². The van der Waals surface area contributed by atoms with Gasteiger partial charge in [-0.2, -0.15) is 0 Å². The molecule has 0 aromatic carbocycles. The predicted octanol–water partition coefficient (Wildman–Crippen LogP) is 2.12. The third-order valence-electron chi connectivity index (χ3n) is 2.42. The molecule has 0 fully saturated rings. The zero-order valence-electron chi connectivity index (χ0n) is 12.8. The highest BCUT2D eigenvalue weighted by Crippen LogP contribution is 2.27. The number of sulfonamides is 1. The molecule has 0 aliphatic carbocycles. The van der Waals surface area contributed by atoms with E-state index in [0.29, 0.717) is 6.42 Å². The molecule has 0 unspecified atom stereocenters. The first kappa shape index (κ1) is 17.9. The summed E-state index contributed by atoms with van der Waals surface area (Å²) < 4.78 is 26.7. The van der Waals surface area contributed by atoms with E-state index < -0.39 is 15.6 Å². The smallest absolute Gasteiger partial charge is 0.212 e. The van der Waals surface area contributed by atoms with Gasteiger partial charge in [-0.25, -0.2) is 13.1 Å². The van der Waals surface area contributed by atoms with Gasteiger partial charge >= 0.3 is 0 Å². The van der Waals surface area contributed by atoms with E-state index in [-0.39, 0.29) is 11.2 Å². The summed E-state index contributed by atoms with van der Waals surface area (Å²) in [5.74, 6) is 0.188. The van der Waals surface area contributed by atoms with Crippen molar-refractivity contribution in [3.05, 3.63) is 0 Å². The minimum atomic E-state index is -3.18. The summed E-state index contributed by atoms with van der Waals surface area (Å²) in [7, 11) is -3.18. The van der Waals surface area contributed by atoms with Gasteiger partial charge < -0.3 is 5.32 Å². The monoisotopic (exact) mass is 278 g/mol. The molecule has 0 radical (unpaired) electrons. The van der Waals surface area contributed by atoms with Gasteiger partial charge in [0.1, 0.15) is 0 Å². The second-order valence-electron chi connectivity index (χ2n) is 6.75. The van der Waals surface area contributed by atoms with Gasteiger partial charge in [-0.15, -0.1) is 0 Å². The standard InChI is InChI=1S/C13H30N2O2S/c1-7-14-9-8-10-18(16,17)15-13(5,6)11-12(2,3)4/h14-15H,7-11H2,1-6H3. The van der Waals surface area contributed by atoms with Gasteiger partial charge in [-0.05, 0) is 45.2 Å². The maximum atomic E-state index is 12.0. The Morgan fingerprint density at radius 3 is 2.06 bits per heavy atom. The van der Waals surface area contributed by atoms with Crippen molar-refractivity contribution in [2.75, 3.05) is 18.8 Å². The fourth-order valence-corrected chi connectivity index (χ4v) is 3.94. The highest BCUT2D eigenvalue weighted by molar-refractivity contribution is 7.89. The van der Waals surface area contributed by atoms with Crippen molar-refractivity contribution in [1.82, 2.24) is 10.0 Å². The SMILES string of the molecule is CCNCCCS(=O)(=O)NC(C)(C)CC(C)(C)C. The van der Waals surface area contributed by atoms with Gasteiger partial charge in [0, 0.05) is 5.54 Å². The van der Waals surface area contributed by atoms with Gasteiger partial charge in [0.25, 0.3) is 0 Å². The third kappa shape index (κ3) is 9.85. The van der Waals surface area contributed by atoms with E-state index in [1.807, 2.05) is 20.8 Å². The van der Waals surface area contributed by atoms with Crippen molar-refractivity contribution in [2.45, 2.75) is 59.9 Å². The first-order valence-corrected chi connectivity index (χ1v) is 8.35. The molecule has 0 spiro atoms. The van der Waals surface area contributed by atoms with Gasteiger partial charge in [0.15, 0.2) is 0 Å². The van der Waals surface area contributed by atoms with Crippen LogP contribution < -0.4 is 10.0 Å². The van der Waals surface area contributed by atoms with Gasteiger partial charge in [-0.1, -0.05) is 27.7 Å². The van der Waals surface area contributed by atoms with Crippen molar-refractivity contribution in [3.8, 4) is 0 Å². The quantitative estimate of drug-likeness (QED) is 0.669. The molecule has 18 heavy (non-hydrogen) atoms. The van der Waals surface area contributed by atoms with Crippen LogP contribution in [0.15, 0.2) is 0 Å². The minimum absolute atomic E-state index is 0.107. The molecule has 4 nitrogen and oxygen atoms in total. The van der Waals surface area contributed by atoms with Gasteiger partial charge in [0.2, 0.25) is 10.0 Å². The van der Waals surface area contributed by atoms with Crippen LogP contribution in [0.1, 0.15) is 54.4 Å². The maximum absolute atomic E-state index is 12.0. The summed E-state index contributed by atoms with van der Waals surface area (Å²) >= 11 is 0. The van der Waals surface area contributed by atoms with E-state index in [2.05, 4.69) is 30.8 Å². The first-order valence-electron chi connectivity index (χ1n) is 6.70. The summed E-state index contributed by atoms with van der Waals surface area (Å²) in [6.45, 7) is 13.9. The number of nitrogens with one attached hydrogen (secondary N) is 2. The van der Waals surface area contributed by atoms with Crippen LogP contribution in [0.4, 0.5) is 0 Å². The Hall–Kier alpha value is -0.130. The van der Waals surface area contributed by atoms with Crippen molar-refractivity contribution in [3.63, 3.8) is 0 Å². The summed E-state index contributed by atoms with van der Waals surface area (Å²) in [6, 6.07) is 0. The fourth-order valence-electron chi connectivity index (χ4n) is 2.40. The van der Waals surface area contributed by atoms with Gasteiger partial charge in [0.05, 0.1) is 5.75 Å². The topological polar surface area (TPSA) is 58.2 Å². The molecule has 0 saturated carbocycles. The van der Waals surface area contributed by atoms with E-state index >= 15 is 0 Å². The van der Waals surface area contributed by atoms with Crippen molar-refractivity contribution in [1.29, 1.82) is 0 Å². The molecule has 0 saturated heterocycles. The second-order valence-corrected chi connectivity index (χ2v) is 8.59. The van der Waals surface area contributed by atoms with E-state index in [4.69, 9.17) is 0 Å². The Labute approximate surface area is 113 Å². The second kappa shape index (κ2) is 6.87. The van der Waals surface area contributed by atoms with Crippen LogP contribution in [0.2, 0.25) is 0 Å². The lowest BCUT2D eigenvalue weighted by molar-refractivity contribution is 0.269. The highest BCUT2D eigenvalue weighted by Gasteiger charge is 2.29. The summed E-state index contributed by atoms with van der Waals surface area (Å²) in [5, 5.41) is 3.13. The summed E-state index contributed by atoms with van der Waals surface area (Å²) in [5.41, 5.74) is -0.287. The lowest BCUT2D eigenvalue weighted by atomic mass is 9.82. The highest BCUT2D eigenvalue weighted by atomic mass is 32.2. The van der Waals surface area contributed by atoms with Crippen LogP contribution in [0.25, 0.3) is 0 Å². The lowest BCUT2D eigenvalue weighted by Crippen LogP contribution is -2.46. The maximum Gasteiger partial charge on any atom is 0.212 e. The molecular weight excluding hydrogens is 248 g/mol. The molecule has 110 valence electrons. The van der Waals surface area contributed by atoms with E-state index in [1.165, 1.54) is 0 Å². The molecule has 0 amide bonds. The van der Waals surface area contributed by atoms with Crippen LogP contribution >= 0.6 is 0 Å². The Kier molecular flexibility index (Phi) is 6.82. The Morgan fingerprint density at radius 1 is 1.06 bits per heavy atom. The molecule has 2 N–H and O–H groups in total. The molecule has 0 aliphatic heterocycles. The number of hydrogen-bond acceptors (Lipinski definition) is 3. The Balaban J connectivity index is 4.30. The molecule has 0 aliphatic rings. The van der Waals surface area contributed by atoms with Gasteiger partial charge in [-0.3, -0.25) is 0 Å². The Morgan fingerprint density at radius 2 is 1.61 bits per heavy atom. The molecule has 0 heterocycles. The minimum Gasteiger partial charge on any atom is -0.317 e. The van der Waals surface area contributed by atoms with Crippen molar-refractivity contribution >= 4 is 10.0 Å². The number of rotatable bonds is 8. The first-order chi connectivity index (χ1) is 7.97. The average Bonchev–Trinajstić information content (AvgIpc) is 2.06. The van der Waals surface area contributed by atoms with Crippen molar-refractivity contribution in [2.24, 2.45) is 5.41 Å². The zero-order chi connectivity index (χ0) is 14.4.